The monoisotopic (exact) mass is 248 g/mol. The second-order valence-corrected chi connectivity index (χ2v) is 5.57. The highest BCUT2D eigenvalue weighted by Gasteiger charge is 2.12. The van der Waals surface area contributed by atoms with Crippen LogP contribution < -0.4 is 5.73 Å². The summed E-state index contributed by atoms with van der Waals surface area (Å²) in [5.74, 6) is 0. The molecule has 90 valence electrons. The number of anilines is 1. The average molecular weight is 248 g/mol. The number of morpholine rings is 1. The van der Waals surface area contributed by atoms with Crippen molar-refractivity contribution in [3.05, 3.63) is 29.1 Å². The zero-order chi connectivity index (χ0) is 11.7. The molecule has 0 aliphatic carbocycles. The number of nitrogens with two attached hydrogens (primary N) is 1. The van der Waals surface area contributed by atoms with Crippen molar-refractivity contribution in [2.24, 2.45) is 0 Å². The van der Waals surface area contributed by atoms with Gasteiger partial charge in [0.25, 0.3) is 0 Å². The second kappa shape index (κ2) is 4.64. The highest BCUT2D eigenvalue weighted by atomic mass is 32.1. The van der Waals surface area contributed by atoms with Crippen molar-refractivity contribution in [1.29, 1.82) is 0 Å². The third-order valence-corrected chi connectivity index (χ3v) is 4.16. The number of benzene rings is 1. The van der Waals surface area contributed by atoms with Gasteiger partial charge in [-0.15, -0.1) is 11.3 Å². The van der Waals surface area contributed by atoms with E-state index >= 15 is 0 Å². The quantitative estimate of drug-likeness (QED) is 0.829. The van der Waals surface area contributed by atoms with Crippen LogP contribution in [0.3, 0.4) is 0 Å². The normalized spacial score (nSPS) is 17.6. The summed E-state index contributed by atoms with van der Waals surface area (Å²) in [6.07, 6.45) is 0. The molecule has 1 saturated heterocycles. The molecule has 1 aromatic heterocycles. The summed E-state index contributed by atoms with van der Waals surface area (Å²) >= 11 is 1.84. The maximum Gasteiger partial charge on any atom is 0.0594 e. The Morgan fingerprint density at radius 2 is 2.06 bits per heavy atom. The van der Waals surface area contributed by atoms with E-state index in [0.717, 1.165) is 38.5 Å². The van der Waals surface area contributed by atoms with Gasteiger partial charge in [0.05, 0.1) is 13.2 Å². The zero-order valence-corrected chi connectivity index (χ0v) is 10.5. The van der Waals surface area contributed by atoms with Crippen LogP contribution in [-0.2, 0) is 11.3 Å². The first-order valence-electron chi connectivity index (χ1n) is 5.89. The highest BCUT2D eigenvalue weighted by molar-refractivity contribution is 7.19. The van der Waals surface area contributed by atoms with E-state index in [0.29, 0.717) is 0 Å². The van der Waals surface area contributed by atoms with Crippen LogP contribution in [0, 0.1) is 0 Å². The maximum atomic E-state index is 5.80. The minimum absolute atomic E-state index is 0.845. The van der Waals surface area contributed by atoms with Gasteiger partial charge in [-0.1, -0.05) is 6.07 Å². The van der Waals surface area contributed by atoms with Crippen LogP contribution in [0.4, 0.5) is 5.69 Å². The van der Waals surface area contributed by atoms with Crippen LogP contribution in [0.15, 0.2) is 24.3 Å². The Labute approximate surface area is 105 Å². The summed E-state index contributed by atoms with van der Waals surface area (Å²) in [4.78, 5) is 3.85. The van der Waals surface area contributed by atoms with Gasteiger partial charge in [-0.3, -0.25) is 4.90 Å². The van der Waals surface area contributed by atoms with Crippen LogP contribution in [0.2, 0.25) is 0 Å². The molecule has 0 saturated carbocycles. The molecule has 0 radical (unpaired) electrons. The molecule has 1 aliphatic rings. The average Bonchev–Trinajstić information content (AvgIpc) is 2.71. The Bertz CT molecular complexity index is 517. The lowest BCUT2D eigenvalue weighted by atomic mass is 10.2. The van der Waals surface area contributed by atoms with E-state index in [1.54, 1.807) is 0 Å². The van der Waals surface area contributed by atoms with Crippen LogP contribution in [-0.4, -0.2) is 31.2 Å². The molecule has 4 heteroatoms. The van der Waals surface area contributed by atoms with E-state index in [2.05, 4.69) is 23.1 Å². The van der Waals surface area contributed by atoms with Crippen molar-refractivity contribution in [3.63, 3.8) is 0 Å². The molecule has 2 aromatic rings. The zero-order valence-electron chi connectivity index (χ0n) is 9.69. The summed E-state index contributed by atoms with van der Waals surface area (Å²) in [5.41, 5.74) is 6.64. The Morgan fingerprint density at radius 1 is 1.24 bits per heavy atom. The molecule has 0 unspecified atom stereocenters. The predicted molar refractivity (Wildman–Crippen MR) is 72.3 cm³/mol. The summed E-state index contributed by atoms with van der Waals surface area (Å²) < 4.78 is 6.64. The highest BCUT2D eigenvalue weighted by Crippen LogP contribution is 2.28. The molecule has 2 heterocycles. The Hall–Kier alpha value is -1.10. The van der Waals surface area contributed by atoms with Gasteiger partial charge < -0.3 is 10.5 Å². The molecule has 3 nitrogen and oxygen atoms in total. The van der Waals surface area contributed by atoms with Gasteiger partial charge in [0, 0.05) is 34.9 Å². The Balaban J connectivity index is 1.80. The minimum atomic E-state index is 0.845. The fourth-order valence-corrected chi connectivity index (χ4v) is 3.32. The van der Waals surface area contributed by atoms with E-state index in [9.17, 15) is 0 Å². The standard InChI is InChI=1S/C13H16N2OS/c14-11-2-1-10-7-12(17-13(10)8-11)9-15-3-5-16-6-4-15/h1-2,7-8H,3-6,9,14H2. The lowest BCUT2D eigenvalue weighted by Crippen LogP contribution is -2.35. The van der Waals surface area contributed by atoms with Crippen molar-refractivity contribution >= 4 is 27.1 Å². The SMILES string of the molecule is Nc1ccc2cc(CN3CCOCC3)sc2c1. The molecule has 0 spiro atoms. The Morgan fingerprint density at radius 3 is 2.88 bits per heavy atom. The van der Waals surface area contributed by atoms with E-state index < -0.39 is 0 Å². The molecule has 3 rings (SSSR count). The first-order valence-corrected chi connectivity index (χ1v) is 6.71. The van der Waals surface area contributed by atoms with Crippen LogP contribution in [0.5, 0.6) is 0 Å². The van der Waals surface area contributed by atoms with Gasteiger partial charge in [-0.25, -0.2) is 0 Å². The first-order chi connectivity index (χ1) is 8.31. The third kappa shape index (κ3) is 2.44. The lowest BCUT2D eigenvalue weighted by molar-refractivity contribution is 0.0346. The number of ether oxygens (including phenoxy) is 1. The van der Waals surface area contributed by atoms with Crippen LogP contribution >= 0.6 is 11.3 Å². The number of hydrogen-bond acceptors (Lipinski definition) is 4. The lowest BCUT2D eigenvalue weighted by Gasteiger charge is -2.25. The largest absolute Gasteiger partial charge is 0.399 e. The fraction of sp³-hybridized carbons (Fsp3) is 0.385. The molecule has 0 bridgehead atoms. The van der Waals surface area contributed by atoms with Crippen molar-refractivity contribution in [3.8, 4) is 0 Å². The molecular formula is C13H16N2OS. The molecule has 1 aliphatic heterocycles. The van der Waals surface area contributed by atoms with E-state index in [1.807, 2.05) is 17.4 Å². The number of rotatable bonds is 2. The van der Waals surface area contributed by atoms with Crippen LogP contribution in [0.1, 0.15) is 4.88 Å². The number of thiophene rings is 1. The van der Waals surface area contributed by atoms with Crippen molar-refractivity contribution in [2.75, 3.05) is 32.0 Å². The third-order valence-electron chi connectivity index (χ3n) is 3.08. The van der Waals surface area contributed by atoms with Gasteiger partial charge in [0.1, 0.15) is 0 Å². The van der Waals surface area contributed by atoms with E-state index in [1.165, 1.54) is 15.0 Å². The second-order valence-electron chi connectivity index (χ2n) is 4.40. The smallest absolute Gasteiger partial charge is 0.0594 e. The summed E-state index contributed by atoms with van der Waals surface area (Å²) in [6.45, 7) is 4.82. The van der Waals surface area contributed by atoms with Gasteiger partial charge in [-0.05, 0) is 23.6 Å². The van der Waals surface area contributed by atoms with Gasteiger partial charge in [0.15, 0.2) is 0 Å². The number of hydrogen-bond donors (Lipinski definition) is 1. The van der Waals surface area contributed by atoms with Gasteiger partial charge in [-0.2, -0.15) is 0 Å². The van der Waals surface area contributed by atoms with Gasteiger partial charge >= 0.3 is 0 Å². The molecule has 0 atom stereocenters. The molecule has 0 amide bonds. The number of fused-ring (bicyclic) bond motifs is 1. The molecule has 1 aromatic carbocycles. The molecule has 2 N–H and O–H groups in total. The summed E-state index contributed by atoms with van der Waals surface area (Å²) in [5, 5.41) is 1.30. The molecule has 17 heavy (non-hydrogen) atoms. The fourth-order valence-electron chi connectivity index (χ4n) is 2.16. The summed E-state index contributed by atoms with van der Waals surface area (Å²) in [7, 11) is 0. The minimum Gasteiger partial charge on any atom is -0.399 e. The molecule has 1 fully saturated rings. The summed E-state index contributed by atoms with van der Waals surface area (Å²) in [6, 6.07) is 8.40. The van der Waals surface area contributed by atoms with Gasteiger partial charge in [0.2, 0.25) is 0 Å². The van der Waals surface area contributed by atoms with E-state index in [4.69, 9.17) is 10.5 Å². The number of nitrogens with zero attached hydrogens (tertiary/aromatic N) is 1. The predicted octanol–water partition coefficient (Wildman–Crippen LogP) is 2.32. The van der Waals surface area contributed by atoms with Crippen molar-refractivity contribution in [2.45, 2.75) is 6.54 Å². The van der Waals surface area contributed by atoms with Crippen molar-refractivity contribution in [1.82, 2.24) is 4.90 Å². The first kappa shape index (κ1) is 11.0. The van der Waals surface area contributed by atoms with Crippen LogP contribution in [0.25, 0.3) is 10.1 Å². The topological polar surface area (TPSA) is 38.5 Å². The number of nitrogen functional groups attached to an aromatic ring is 1. The van der Waals surface area contributed by atoms with Crippen molar-refractivity contribution < 1.29 is 4.74 Å². The Kier molecular flexibility index (Phi) is 3.01. The molecular weight excluding hydrogens is 232 g/mol. The maximum absolute atomic E-state index is 5.80. The van der Waals surface area contributed by atoms with E-state index in [-0.39, 0.29) is 0 Å².